The van der Waals surface area contributed by atoms with E-state index in [2.05, 4.69) is 34.3 Å². The fraction of sp³-hybridized carbons (Fsp3) is 0.900. The Labute approximate surface area is 140 Å². The third-order valence-electron chi connectivity index (χ3n) is 4.09. The van der Waals surface area contributed by atoms with Crippen LogP contribution in [-0.2, 0) is 0 Å². The summed E-state index contributed by atoms with van der Waals surface area (Å²) < 4.78 is 0. The summed E-state index contributed by atoms with van der Waals surface area (Å²) in [7, 11) is 0. The normalized spacial score (nSPS) is 15.7. The maximum atomic E-state index is 9.52. The van der Waals surface area contributed by atoms with Crippen molar-refractivity contribution in [3.63, 3.8) is 0 Å². The molecule has 2 atom stereocenters. The molecule has 0 aromatic heterocycles. The van der Waals surface area contributed by atoms with Crippen LogP contribution < -0.4 is 0 Å². The Balaban J connectivity index is 0. The Morgan fingerprint density at radius 3 is 1.82 bits per heavy atom. The van der Waals surface area contributed by atoms with E-state index in [1.54, 1.807) is 13.0 Å². The zero-order valence-electron chi connectivity index (χ0n) is 16.3. The molecule has 0 fully saturated rings. The second kappa shape index (κ2) is 12.1. The number of rotatable bonds is 10. The van der Waals surface area contributed by atoms with Gasteiger partial charge in [-0.15, -0.1) is 6.58 Å². The summed E-state index contributed by atoms with van der Waals surface area (Å²) in [5, 5.41) is 18.9. The van der Waals surface area contributed by atoms with Crippen molar-refractivity contribution < 1.29 is 10.2 Å². The van der Waals surface area contributed by atoms with E-state index in [9.17, 15) is 10.2 Å². The van der Waals surface area contributed by atoms with Crippen LogP contribution in [0.1, 0.15) is 93.4 Å². The fourth-order valence-corrected chi connectivity index (χ4v) is 2.06. The second-order valence-corrected chi connectivity index (χ2v) is 8.07. The van der Waals surface area contributed by atoms with E-state index >= 15 is 0 Å². The summed E-state index contributed by atoms with van der Waals surface area (Å²) in [6.45, 7) is 18.0. The van der Waals surface area contributed by atoms with Gasteiger partial charge in [-0.2, -0.15) is 0 Å². The highest BCUT2D eigenvalue weighted by Crippen LogP contribution is 2.17. The minimum absolute atomic E-state index is 0.465. The van der Waals surface area contributed by atoms with Crippen molar-refractivity contribution in [2.75, 3.05) is 0 Å². The van der Waals surface area contributed by atoms with Crippen LogP contribution in [0.5, 0.6) is 0 Å². The molecule has 2 N–H and O–H groups in total. The maximum Gasteiger partial charge on any atom is 0.0797 e. The van der Waals surface area contributed by atoms with Gasteiger partial charge in [0.05, 0.1) is 11.2 Å². The van der Waals surface area contributed by atoms with Crippen LogP contribution in [0.4, 0.5) is 0 Å². The molecular weight excluding hydrogens is 272 g/mol. The predicted molar refractivity (Wildman–Crippen MR) is 99.1 cm³/mol. The van der Waals surface area contributed by atoms with Crippen LogP contribution >= 0.6 is 0 Å². The minimum atomic E-state index is -0.658. The summed E-state index contributed by atoms with van der Waals surface area (Å²) in [4.78, 5) is 0. The van der Waals surface area contributed by atoms with Crippen LogP contribution in [0.15, 0.2) is 12.7 Å². The van der Waals surface area contributed by atoms with Crippen LogP contribution in [0.3, 0.4) is 0 Å². The van der Waals surface area contributed by atoms with Gasteiger partial charge in [0.1, 0.15) is 0 Å². The van der Waals surface area contributed by atoms with E-state index in [0.29, 0.717) is 0 Å². The van der Waals surface area contributed by atoms with Gasteiger partial charge in [0.2, 0.25) is 0 Å². The van der Waals surface area contributed by atoms with E-state index in [0.717, 1.165) is 37.5 Å². The number of hydrogen-bond donors (Lipinski definition) is 2. The Bertz CT molecular complexity index is 261. The zero-order valence-corrected chi connectivity index (χ0v) is 16.3. The lowest BCUT2D eigenvalue weighted by Gasteiger charge is -2.18. The highest BCUT2D eigenvalue weighted by molar-refractivity contribution is 4.91. The van der Waals surface area contributed by atoms with Gasteiger partial charge in [0.15, 0.2) is 0 Å². The number of aliphatic hydroxyl groups is 2. The van der Waals surface area contributed by atoms with Gasteiger partial charge in [0.25, 0.3) is 0 Å². The zero-order chi connectivity index (χ0) is 17.8. The molecular formula is C20H42O2. The van der Waals surface area contributed by atoms with Gasteiger partial charge >= 0.3 is 0 Å². The molecule has 0 aromatic rings. The molecule has 0 saturated carbocycles. The smallest absolute Gasteiger partial charge is 0.0797 e. The fourth-order valence-electron chi connectivity index (χ4n) is 2.06. The van der Waals surface area contributed by atoms with E-state index in [4.69, 9.17) is 0 Å². The lowest BCUT2D eigenvalue weighted by Crippen LogP contribution is -2.19. The first-order chi connectivity index (χ1) is 9.93. The molecule has 0 aromatic carbocycles. The maximum absolute atomic E-state index is 9.52. The van der Waals surface area contributed by atoms with Gasteiger partial charge < -0.3 is 10.2 Å². The van der Waals surface area contributed by atoms with Crippen molar-refractivity contribution in [1.29, 1.82) is 0 Å². The van der Waals surface area contributed by atoms with Crippen molar-refractivity contribution in [3.8, 4) is 0 Å². The van der Waals surface area contributed by atoms with Gasteiger partial charge in [-0.1, -0.05) is 65.9 Å². The molecule has 0 aliphatic carbocycles. The van der Waals surface area contributed by atoms with E-state index < -0.39 is 11.2 Å². The van der Waals surface area contributed by atoms with Gasteiger partial charge in [-0.3, -0.25) is 0 Å². The molecule has 0 aliphatic heterocycles. The third kappa shape index (κ3) is 19.7. The molecule has 0 radical (unpaired) electrons. The SMILES string of the molecule is C=CC(C)(O)CCCC(C)C.CCC(C)CCCC(C)(C)O. The molecule has 2 unspecified atom stereocenters. The molecule has 22 heavy (non-hydrogen) atoms. The van der Waals surface area contributed by atoms with E-state index in [1.165, 1.54) is 19.3 Å². The molecule has 0 amide bonds. The monoisotopic (exact) mass is 314 g/mol. The summed E-state index contributed by atoms with van der Waals surface area (Å²) >= 11 is 0. The first-order valence-electron chi connectivity index (χ1n) is 9.02. The minimum Gasteiger partial charge on any atom is -0.390 e. The largest absolute Gasteiger partial charge is 0.390 e. The first kappa shape index (κ1) is 23.9. The van der Waals surface area contributed by atoms with Crippen molar-refractivity contribution in [1.82, 2.24) is 0 Å². The molecule has 0 aliphatic rings. The summed E-state index contributed by atoms with van der Waals surface area (Å²) in [5.41, 5.74) is -1.12. The van der Waals surface area contributed by atoms with Crippen molar-refractivity contribution in [2.24, 2.45) is 11.8 Å². The summed E-state index contributed by atoms with van der Waals surface area (Å²) in [5.74, 6) is 1.55. The molecule has 0 rings (SSSR count). The molecule has 0 saturated heterocycles. The van der Waals surface area contributed by atoms with Crippen LogP contribution in [0, 0.1) is 11.8 Å². The Morgan fingerprint density at radius 2 is 1.45 bits per heavy atom. The summed E-state index contributed by atoms with van der Waals surface area (Å²) in [6.07, 6.45) is 9.30. The Hall–Kier alpha value is -0.340. The first-order valence-corrected chi connectivity index (χ1v) is 9.02. The Kier molecular flexibility index (Phi) is 13.2. The molecule has 0 spiro atoms. The standard InChI is InChI=1S/C10H22O.C10H20O/c1-5-9(2)7-6-8-10(3,4)11;1-5-10(4,11)8-6-7-9(2)3/h9,11H,5-8H2,1-4H3;5,9,11H,1,6-8H2,2-4H3. The lowest BCUT2D eigenvalue weighted by atomic mass is 9.96. The second-order valence-electron chi connectivity index (χ2n) is 8.07. The van der Waals surface area contributed by atoms with Crippen molar-refractivity contribution >= 4 is 0 Å². The van der Waals surface area contributed by atoms with E-state index in [-0.39, 0.29) is 0 Å². The molecule has 2 nitrogen and oxygen atoms in total. The molecule has 0 bridgehead atoms. The van der Waals surface area contributed by atoms with Gasteiger partial charge in [0, 0.05) is 0 Å². The summed E-state index contributed by atoms with van der Waals surface area (Å²) in [6, 6.07) is 0. The quantitative estimate of drug-likeness (QED) is 0.506. The van der Waals surface area contributed by atoms with Crippen LogP contribution in [0.2, 0.25) is 0 Å². The average molecular weight is 315 g/mol. The molecule has 0 heterocycles. The number of hydrogen-bond acceptors (Lipinski definition) is 2. The molecule has 2 heteroatoms. The van der Waals surface area contributed by atoms with Gasteiger partial charge in [-0.05, 0) is 45.4 Å². The Morgan fingerprint density at radius 1 is 0.955 bits per heavy atom. The van der Waals surface area contributed by atoms with Crippen molar-refractivity contribution in [3.05, 3.63) is 12.7 Å². The van der Waals surface area contributed by atoms with Crippen LogP contribution in [0.25, 0.3) is 0 Å². The highest BCUT2D eigenvalue weighted by atomic mass is 16.3. The predicted octanol–water partition coefficient (Wildman–Crippen LogP) is 5.72. The van der Waals surface area contributed by atoms with Crippen LogP contribution in [-0.4, -0.2) is 21.4 Å². The topological polar surface area (TPSA) is 40.5 Å². The van der Waals surface area contributed by atoms with Crippen molar-refractivity contribution in [2.45, 2.75) is 105 Å². The van der Waals surface area contributed by atoms with E-state index in [1.807, 2.05) is 13.8 Å². The average Bonchev–Trinajstić information content (AvgIpc) is 2.37. The third-order valence-corrected chi connectivity index (χ3v) is 4.09. The molecule has 134 valence electrons. The highest BCUT2D eigenvalue weighted by Gasteiger charge is 2.14. The van der Waals surface area contributed by atoms with Gasteiger partial charge in [-0.25, -0.2) is 0 Å². The lowest BCUT2D eigenvalue weighted by molar-refractivity contribution is 0.0669.